The third-order valence-electron chi connectivity index (χ3n) is 4.00. The van der Waals surface area contributed by atoms with E-state index in [0.717, 1.165) is 12.8 Å². The lowest BCUT2D eigenvalue weighted by Crippen LogP contribution is -2.59. The van der Waals surface area contributed by atoms with Crippen molar-refractivity contribution in [2.45, 2.75) is 58.0 Å². The topological polar surface area (TPSA) is 84.2 Å². The SMILES string of the molecule is CC(C)C(C)(NCC(=O)NC1CCCC1)C(N)=O. The Hall–Kier alpha value is -1.10. The third kappa shape index (κ3) is 3.70. The molecule has 1 fully saturated rings. The zero-order valence-electron chi connectivity index (χ0n) is 11.6. The van der Waals surface area contributed by atoms with Gasteiger partial charge in [0.05, 0.1) is 12.1 Å². The summed E-state index contributed by atoms with van der Waals surface area (Å²) >= 11 is 0. The smallest absolute Gasteiger partial charge is 0.237 e. The maximum absolute atomic E-state index is 11.8. The molecule has 5 heteroatoms. The summed E-state index contributed by atoms with van der Waals surface area (Å²) in [6, 6.07) is 0.304. The summed E-state index contributed by atoms with van der Waals surface area (Å²) in [5, 5.41) is 5.96. The van der Waals surface area contributed by atoms with E-state index in [1.54, 1.807) is 6.92 Å². The molecule has 104 valence electrons. The minimum absolute atomic E-state index is 0.0364. The predicted molar refractivity (Wildman–Crippen MR) is 70.8 cm³/mol. The zero-order valence-corrected chi connectivity index (χ0v) is 11.6. The molecule has 2 amide bonds. The van der Waals surface area contributed by atoms with Crippen LogP contribution in [-0.4, -0.2) is 29.9 Å². The second-order valence-corrected chi connectivity index (χ2v) is 5.62. The van der Waals surface area contributed by atoms with Crippen LogP contribution in [-0.2, 0) is 9.59 Å². The lowest BCUT2D eigenvalue weighted by Gasteiger charge is -2.31. The number of rotatable bonds is 6. The Morgan fingerprint density at radius 2 is 1.89 bits per heavy atom. The van der Waals surface area contributed by atoms with Crippen molar-refractivity contribution >= 4 is 11.8 Å². The van der Waals surface area contributed by atoms with E-state index in [2.05, 4.69) is 10.6 Å². The molecular formula is C13H25N3O2. The number of nitrogens with two attached hydrogens (primary N) is 1. The van der Waals surface area contributed by atoms with Gasteiger partial charge in [-0.2, -0.15) is 0 Å². The largest absolute Gasteiger partial charge is 0.368 e. The van der Waals surface area contributed by atoms with Crippen molar-refractivity contribution in [3.63, 3.8) is 0 Å². The molecule has 0 aliphatic heterocycles. The van der Waals surface area contributed by atoms with Crippen molar-refractivity contribution in [2.24, 2.45) is 11.7 Å². The van der Waals surface area contributed by atoms with Gasteiger partial charge in [0.15, 0.2) is 0 Å². The monoisotopic (exact) mass is 255 g/mol. The van der Waals surface area contributed by atoms with Gasteiger partial charge in [-0.15, -0.1) is 0 Å². The first kappa shape index (κ1) is 15.0. The van der Waals surface area contributed by atoms with Gasteiger partial charge in [0.2, 0.25) is 11.8 Å². The lowest BCUT2D eigenvalue weighted by atomic mass is 9.87. The lowest BCUT2D eigenvalue weighted by molar-refractivity contribution is -0.126. The fourth-order valence-electron chi connectivity index (χ4n) is 2.19. The first-order valence-electron chi connectivity index (χ1n) is 6.70. The van der Waals surface area contributed by atoms with Gasteiger partial charge in [-0.25, -0.2) is 0 Å². The Balaban J connectivity index is 2.42. The number of nitrogens with one attached hydrogen (secondary N) is 2. The summed E-state index contributed by atoms with van der Waals surface area (Å²) < 4.78 is 0. The highest BCUT2D eigenvalue weighted by Gasteiger charge is 2.34. The minimum Gasteiger partial charge on any atom is -0.368 e. The molecule has 18 heavy (non-hydrogen) atoms. The normalized spacial score (nSPS) is 19.8. The van der Waals surface area contributed by atoms with Crippen LogP contribution < -0.4 is 16.4 Å². The molecule has 0 saturated heterocycles. The zero-order chi connectivity index (χ0) is 13.8. The van der Waals surface area contributed by atoms with Crippen molar-refractivity contribution in [3.05, 3.63) is 0 Å². The van der Waals surface area contributed by atoms with E-state index in [1.165, 1.54) is 12.8 Å². The van der Waals surface area contributed by atoms with Gasteiger partial charge in [0, 0.05) is 6.04 Å². The molecule has 4 N–H and O–H groups in total. The Bertz CT molecular complexity index is 311. The highest BCUT2D eigenvalue weighted by Crippen LogP contribution is 2.18. The molecule has 1 aliphatic carbocycles. The van der Waals surface area contributed by atoms with E-state index in [0.29, 0.717) is 6.04 Å². The minimum atomic E-state index is -0.840. The van der Waals surface area contributed by atoms with Crippen LogP contribution in [0.2, 0.25) is 0 Å². The van der Waals surface area contributed by atoms with Gasteiger partial charge in [-0.1, -0.05) is 26.7 Å². The van der Waals surface area contributed by atoms with Crippen LogP contribution in [0.1, 0.15) is 46.5 Å². The molecule has 1 atom stereocenters. The standard InChI is InChI=1S/C13H25N3O2/c1-9(2)13(3,12(14)18)15-8-11(17)16-10-6-4-5-7-10/h9-10,15H,4-8H2,1-3H3,(H2,14,18)(H,16,17). The highest BCUT2D eigenvalue weighted by atomic mass is 16.2. The van der Waals surface area contributed by atoms with Gasteiger partial charge in [0.25, 0.3) is 0 Å². The molecule has 5 nitrogen and oxygen atoms in total. The van der Waals surface area contributed by atoms with Crippen LogP contribution in [0.25, 0.3) is 0 Å². The second kappa shape index (κ2) is 6.18. The second-order valence-electron chi connectivity index (χ2n) is 5.62. The predicted octanol–water partition coefficient (Wildman–Crippen LogP) is 0.535. The van der Waals surface area contributed by atoms with Crippen LogP contribution in [0.4, 0.5) is 0 Å². The first-order valence-corrected chi connectivity index (χ1v) is 6.70. The quantitative estimate of drug-likeness (QED) is 0.647. The molecule has 1 unspecified atom stereocenters. The van der Waals surface area contributed by atoms with Gasteiger partial charge >= 0.3 is 0 Å². The number of carbonyl (C=O) groups is 2. The molecule has 0 spiro atoms. The number of amides is 2. The summed E-state index contributed by atoms with van der Waals surface area (Å²) in [7, 11) is 0. The van der Waals surface area contributed by atoms with E-state index in [1.807, 2.05) is 13.8 Å². The van der Waals surface area contributed by atoms with E-state index in [9.17, 15) is 9.59 Å². The average molecular weight is 255 g/mol. The fourth-order valence-corrected chi connectivity index (χ4v) is 2.19. The molecule has 0 aromatic rings. The maximum Gasteiger partial charge on any atom is 0.237 e. The molecule has 0 heterocycles. The van der Waals surface area contributed by atoms with E-state index >= 15 is 0 Å². The molecule has 1 aliphatic rings. The van der Waals surface area contributed by atoms with E-state index in [4.69, 9.17) is 5.73 Å². The van der Waals surface area contributed by atoms with Crippen LogP contribution in [0.15, 0.2) is 0 Å². The van der Waals surface area contributed by atoms with Crippen LogP contribution in [0, 0.1) is 5.92 Å². The average Bonchev–Trinajstić information content (AvgIpc) is 2.77. The molecular weight excluding hydrogens is 230 g/mol. The fraction of sp³-hybridized carbons (Fsp3) is 0.846. The van der Waals surface area contributed by atoms with Crippen LogP contribution >= 0.6 is 0 Å². The molecule has 0 aromatic heterocycles. The van der Waals surface area contributed by atoms with Crippen molar-refractivity contribution < 1.29 is 9.59 Å². The number of primary amides is 1. The number of hydrogen-bond donors (Lipinski definition) is 3. The van der Waals surface area contributed by atoms with Crippen LogP contribution in [0.5, 0.6) is 0 Å². The van der Waals surface area contributed by atoms with Crippen molar-refractivity contribution in [2.75, 3.05) is 6.54 Å². The van der Waals surface area contributed by atoms with Crippen LogP contribution in [0.3, 0.4) is 0 Å². The van der Waals surface area contributed by atoms with Gasteiger partial charge in [-0.3, -0.25) is 14.9 Å². The summed E-state index contributed by atoms with van der Waals surface area (Å²) in [5.41, 5.74) is 4.55. The number of carbonyl (C=O) groups excluding carboxylic acids is 2. The molecule has 0 bridgehead atoms. The summed E-state index contributed by atoms with van der Waals surface area (Å²) in [6.45, 7) is 5.69. The Labute approximate surface area is 109 Å². The number of hydrogen-bond acceptors (Lipinski definition) is 3. The van der Waals surface area contributed by atoms with Crippen molar-refractivity contribution in [1.82, 2.24) is 10.6 Å². The Morgan fingerprint density at radius 3 is 2.33 bits per heavy atom. The summed E-state index contributed by atoms with van der Waals surface area (Å²) in [5.74, 6) is -0.449. The van der Waals surface area contributed by atoms with Crippen molar-refractivity contribution in [3.8, 4) is 0 Å². The summed E-state index contributed by atoms with van der Waals surface area (Å²) in [6.07, 6.45) is 4.48. The maximum atomic E-state index is 11.8. The van der Waals surface area contributed by atoms with E-state index < -0.39 is 11.4 Å². The highest BCUT2D eigenvalue weighted by molar-refractivity contribution is 5.86. The molecule has 0 aromatic carbocycles. The Morgan fingerprint density at radius 1 is 1.33 bits per heavy atom. The Kier molecular flexibility index (Phi) is 5.14. The molecule has 1 rings (SSSR count). The first-order chi connectivity index (χ1) is 8.36. The van der Waals surface area contributed by atoms with Gasteiger partial charge in [-0.05, 0) is 25.7 Å². The van der Waals surface area contributed by atoms with Gasteiger partial charge in [0.1, 0.15) is 0 Å². The van der Waals surface area contributed by atoms with Crippen molar-refractivity contribution in [1.29, 1.82) is 0 Å². The summed E-state index contributed by atoms with van der Waals surface area (Å²) in [4.78, 5) is 23.2. The van der Waals surface area contributed by atoms with Gasteiger partial charge < -0.3 is 11.1 Å². The molecule has 1 saturated carbocycles. The third-order valence-corrected chi connectivity index (χ3v) is 4.00. The molecule has 0 radical (unpaired) electrons. The van der Waals surface area contributed by atoms with E-state index in [-0.39, 0.29) is 18.4 Å².